The summed E-state index contributed by atoms with van der Waals surface area (Å²) in [7, 11) is -3.72. The number of hydrogen-bond acceptors (Lipinski definition) is 7. The zero-order valence-electron chi connectivity index (χ0n) is 16.1. The number of benzene rings is 2. The van der Waals surface area contributed by atoms with E-state index in [9.17, 15) is 13.2 Å². The van der Waals surface area contributed by atoms with Crippen molar-refractivity contribution in [3.8, 4) is 11.7 Å². The van der Waals surface area contributed by atoms with Gasteiger partial charge in [-0.25, -0.2) is 8.42 Å². The van der Waals surface area contributed by atoms with E-state index < -0.39 is 15.9 Å². The minimum atomic E-state index is -3.72. The third-order valence-corrected chi connectivity index (χ3v) is 6.75. The van der Waals surface area contributed by atoms with Crippen LogP contribution in [0.25, 0.3) is 11.7 Å². The fourth-order valence-electron chi connectivity index (χ4n) is 3.41. The van der Waals surface area contributed by atoms with Gasteiger partial charge in [-0.2, -0.15) is 0 Å². The average molecular weight is 436 g/mol. The van der Waals surface area contributed by atoms with Gasteiger partial charge in [0.15, 0.2) is 5.76 Å². The molecule has 5 rings (SSSR count). The summed E-state index contributed by atoms with van der Waals surface area (Å²) >= 11 is 0. The van der Waals surface area contributed by atoms with Gasteiger partial charge in [-0.3, -0.25) is 14.4 Å². The van der Waals surface area contributed by atoms with Crippen LogP contribution in [0.2, 0.25) is 0 Å². The van der Waals surface area contributed by atoms with E-state index in [-0.39, 0.29) is 22.4 Å². The summed E-state index contributed by atoms with van der Waals surface area (Å²) in [6.45, 7) is 0.388. The number of carbonyl (C=O) groups excluding carboxylic acids is 1. The van der Waals surface area contributed by atoms with Crippen LogP contribution in [-0.4, -0.2) is 31.1 Å². The van der Waals surface area contributed by atoms with Crippen LogP contribution in [0.5, 0.6) is 0 Å². The van der Waals surface area contributed by atoms with Gasteiger partial charge < -0.3 is 8.83 Å². The Labute approximate surface area is 177 Å². The largest absolute Gasteiger partial charge is 0.459 e. The van der Waals surface area contributed by atoms with Gasteiger partial charge in [0.1, 0.15) is 0 Å². The molecular weight excluding hydrogens is 420 g/mol. The zero-order valence-corrected chi connectivity index (χ0v) is 16.9. The number of para-hydroxylation sites is 1. The molecule has 10 heteroatoms. The van der Waals surface area contributed by atoms with E-state index >= 15 is 0 Å². The van der Waals surface area contributed by atoms with Crippen molar-refractivity contribution in [2.45, 2.75) is 11.3 Å². The number of carbonyl (C=O) groups is 1. The number of furan rings is 1. The van der Waals surface area contributed by atoms with E-state index in [1.807, 2.05) is 18.2 Å². The quantitative estimate of drug-likeness (QED) is 0.510. The van der Waals surface area contributed by atoms with Crippen molar-refractivity contribution in [1.82, 2.24) is 10.2 Å². The van der Waals surface area contributed by atoms with Crippen LogP contribution in [0.3, 0.4) is 0 Å². The molecule has 9 nitrogen and oxygen atoms in total. The summed E-state index contributed by atoms with van der Waals surface area (Å²) in [5.74, 6) is 0.00351. The van der Waals surface area contributed by atoms with E-state index in [1.54, 1.807) is 18.2 Å². The summed E-state index contributed by atoms with van der Waals surface area (Å²) < 4.78 is 38.0. The van der Waals surface area contributed by atoms with Gasteiger partial charge in [0, 0.05) is 12.1 Å². The first kappa shape index (κ1) is 19.1. The van der Waals surface area contributed by atoms with Crippen LogP contribution >= 0.6 is 0 Å². The van der Waals surface area contributed by atoms with Crippen molar-refractivity contribution in [1.29, 1.82) is 0 Å². The van der Waals surface area contributed by atoms with E-state index in [1.165, 1.54) is 34.8 Å². The molecule has 0 atom stereocenters. The number of aromatic nitrogens is 2. The molecule has 0 radical (unpaired) electrons. The van der Waals surface area contributed by atoms with Gasteiger partial charge in [-0.05, 0) is 54.4 Å². The summed E-state index contributed by atoms with van der Waals surface area (Å²) in [6, 6.07) is 16.4. The SMILES string of the molecule is O=C(Nc1nnc(-c2ccco2)o1)c1ccc(S(=O)(=O)N2CCc3ccccc32)cc1. The lowest BCUT2D eigenvalue weighted by Gasteiger charge is -2.19. The lowest BCUT2D eigenvalue weighted by Crippen LogP contribution is -2.29. The molecule has 3 heterocycles. The smallest absolute Gasteiger partial charge is 0.322 e. The number of rotatable bonds is 5. The fraction of sp³-hybridized carbons (Fsp3) is 0.0952. The second kappa shape index (κ2) is 7.40. The van der Waals surface area contributed by atoms with Crippen LogP contribution in [0, 0.1) is 0 Å². The van der Waals surface area contributed by atoms with E-state index in [4.69, 9.17) is 8.83 Å². The highest BCUT2D eigenvalue weighted by Crippen LogP contribution is 2.32. The lowest BCUT2D eigenvalue weighted by atomic mass is 10.2. The van der Waals surface area contributed by atoms with Crippen molar-refractivity contribution in [3.05, 3.63) is 78.1 Å². The Balaban J connectivity index is 1.32. The van der Waals surface area contributed by atoms with Crippen molar-refractivity contribution in [2.75, 3.05) is 16.2 Å². The van der Waals surface area contributed by atoms with Crippen LogP contribution in [0.4, 0.5) is 11.7 Å². The molecule has 1 aliphatic rings. The number of nitrogens with one attached hydrogen (secondary N) is 1. The summed E-state index contributed by atoms with van der Waals surface area (Å²) in [4.78, 5) is 12.6. The molecule has 2 aromatic heterocycles. The Bertz CT molecular complexity index is 1340. The van der Waals surface area contributed by atoms with Crippen molar-refractivity contribution in [2.24, 2.45) is 0 Å². The van der Waals surface area contributed by atoms with Gasteiger partial charge in [0.05, 0.1) is 16.8 Å². The predicted octanol–water partition coefficient (Wildman–Crippen LogP) is 3.33. The molecule has 0 saturated carbocycles. The summed E-state index contributed by atoms with van der Waals surface area (Å²) in [5.41, 5.74) is 1.93. The number of amides is 1. The first-order chi connectivity index (χ1) is 15.0. The molecule has 156 valence electrons. The molecule has 4 aromatic rings. The summed E-state index contributed by atoms with van der Waals surface area (Å²) in [6.07, 6.45) is 2.13. The number of fused-ring (bicyclic) bond motifs is 1. The first-order valence-corrected chi connectivity index (χ1v) is 10.9. The minimum absolute atomic E-state index is 0.0956. The Morgan fingerprint density at radius 2 is 1.81 bits per heavy atom. The van der Waals surface area contributed by atoms with Crippen molar-refractivity contribution >= 4 is 27.6 Å². The Hall–Kier alpha value is -3.92. The molecule has 1 aliphatic heterocycles. The normalized spacial score (nSPS) is 13.2. The molecule has 0 spiro atoms. The Morgan fingerprint density at radius 1 is 1.00 bits per heavy atom. The van der Waals surface area contributed by atoms with Gasteiger partial charge in [0.25, 0.3) is 21.8 Å². The molecule has 0 unspecified atom stereocenters. The maximum Gasteiger partial charge on any atom is 0.322 e. The minimum Gasteiger partial charge on any atom is -0.459 e. The topological polar surface area (TPSA) is 119 Å². The third-order valence-electron chi connectivity index (χ3n) is 4.93. The van der Waals surface area contributed by atoms with Crippen molar-refractivity contribution in [3.63, 3.8) is 0 Å². The fourth-order valence-corrected chi connectivity index (χ4v) is 4.91. The molecule has 0 aliphatic carbocycles. The van der Waals surface area contributed by atoms with Gasteiger partial charge in [0.2, 0.25) is 0 Å². The summed E-state index contributed by atoms with van der Waals surface area (Å²) in [5, 5.41) is 10.0. The van der Waals surface area contributed by atoms with Crippen LogP contribution in [0.1, 0.15) is 15.9 Å². The highest BCUT2D eigenvalue weighted by atomic mass is 32.2. The number of nitrogens with zero attached hydrogens (tertiary/aromatic N) is 3. The van der Waals surface area contributed by atoms with E-state index in [2.05, 4.69) is 15.5 Å². The van der Waals surface area contributed by atoms with Crippen LogP contribution in [-0.2, 0) is 16.4 Å². The highest BCUT2D eigenvalue weighted by Gasteiger charge is 2.30. The van der Waals surface area contributed by atoms with Gasteiger partial charge in [-0.15, -0.1) is 5.10 Å². The molecule has 0 fully saturated rings. The van der Waals surface area contributed by atoms with Gasteiger partial charge in [-0.1, -0.05) is 23.3 Å². The molecule has 1 amide bonds. The first-order valence-electron chi connectivity index (χ1n) is 9.42. The molecular formula is C21H16N4O5S. The van der Waals surface area contributed by atoms with Crippen molar-refractivity contribution < 1.29 is 22.0 Å². The predicted molar refractivity (Wildman–Crippen MR) is 111 cm³/mol. The molecule has 1 N–H and O–H groups in total. The maximum absolute atomic E-state index is 13.1. The Kier molecular flexibility index (Phi) is 4.55. The maximum atomic E-state index is 13.1. The van der Waals surface area contributed by atoms with Gasteiger partial charge >= 0.3 is 6.01 Å². The van der Waals surface area contributed by atoms with E-state index in [0.717, 1.165) is 5.56 Å². The van der Waals surface area contributed by atoms with E-state index in [0.29, 0.717) is 24.4 Å². The number of anilines is 2. The molecule has 0 bridgehead atoms. The molecule has 2 aromatic carbocycles. The lowest BCUT2D eigenvalue weighted by molar-refractivity contribution is 0.102. The molecule has 31 heavy (non-hydrogen) atoms. The monoisotopic (exact) mass is 436 g/mol. The Morgan fingerprint density at radius 3 is 2.58 bits per heavy atom. The zero-order chi connectivity index (χ0) is 21.4. The second-order valence-corrected chi connectivity index (χ2v) is 8.69. The average Bonchev–Trinajstić information content (AvgIpc) is 3.54. The number of hydrogen-bond donors (Lipinski definition) is 1. The molecule has 0 saturated heterocycles. The standard InChI is InChI=1S/C21H16N4O5S/c26-19(22-21-24-23-20(30-21)18-6-3-13-29-18)15-7-9-16(10-8-15)31(27,28)25-12-11-14-4-1-2-5-17(14)25/h1-10,13H,11-12H2,(H,22,24,26). The third kappa shape index (κ3) is 3.46. The van der Waals surface area contributed by atoms with Crippen LogP contribution < -0.4 is 9.62 Å². The highest BCUT2D eigenvalue weighted by molar-refractivity contribution is 7.92. The van der Waals surface area contributed by atoms with Crippen LogP contribution in [0.15, 0.2) is 80.7 Å². The second-order valence-electron chi connectivity index (χ2n) is 6.82. The number of sulfonamides is 1.